The minimum Gasteiger partial charge on any atom is -0.395 e. The van der Waals surface area contributed by atoms with Crippen LogP contribution in [0.15, 0.2) is 18.2 Å². The van der Waals surface area contributed by atoms with Gasteiger partial charge in [-0.2, -0.15) is 0 Å². The lowest BCUT2D eigenvalue weighted by molar-refractivity contribution is 0.199. The smallest absolute Gasteiger partial charge is 0.0762 e. The van der Waals surface area contributed by atoms with E-state index in [0.717, 1.165) is 30.6 Å². The average molecular weight is 272 g/mol. The lowest BCUT2D eigenvalue weighted by Crippen LogP contribution is -2.28. The Morgan fingerprint density at radius 1 is 1.33 bits per heavy atom. The standard InChI is InChI=1S/C14H22ClNO2/c1-3-4-7-16(8-9-17)14-6-5-12(11(2)18)10-13(14)15/h5-6,10-11,17-18H,3-4,7-9H2,1-2H3. The van der Waals surface area contributed by atoms with E-state index in [1.54, 1.807) is 13.0 Å². The molecule has 1 aromatic carbocycles. The van der Waals surface area contributed by atoms with Gasteiger partial charge in [-0.15, -0.1) is 0 Å². The molecule has 0 amide bonds. The summed E-state index contributed by atoms with van der Waals surface area (Å²) in [4.78, 5) is 2.08. The third-order valence-corrected chi connectivity index (χ3v) is 3.25. The number of aliphatic hydroxyl groups is 2. The zero-order valence-corrected chi connectivity index (χ0v) is 11.8. The SMILES string of the molecule is CCCCN(CCO)c1ccc(C(C)O)cc1Cl. The molecule has 0 saturated heterocycles. The van der Waals surface area contributed by atoms with Crippen LogP contribution in [0, 0.1) is 0 Å². The Labute approximate surface area is 114 Å². The third-order valence-electron chi connectivity index (χ3n) is 2.95. The number of hydrogen-bond donors (Lipinski definition) is 2. The zero-order chi connectivity index (χ0) is 13.5. The maximum atomic E-state index is 9.51. The van der Waals surface area contributed by atoms with E-state index >= 15 is 0 Å². The van der Waals surface area contributed by atoms with Gasteiger partial charge in [0.25, 0.3) is 0 Å². The molecule has 0 fully saturated rings. The van der Waals surface area contributed by atoms with E-state index < -0.39 is 6.10 Å². The number of benzene rings is 1. The highest BCUT2D eigenvalue weighted by atomic mass is 35.5. The molecule has 1 rings (SSSR count). The van der Waals surface area contributed by atoms with Gasteiger partial charge in [0.05, 0.1) is 23.4 Å². The van der Waals surface area contributed by atoms with Gasteiger partial charge in [0.15, 0.2) is 0 Å². The Balaban J connectivity index is 2.90. The Hall–Kier alpha value is -0.770. The summed E-state index contributed by atoms with van der Waals surface area (Å²) in [5.41, 5.74) is 1.73. The fourth-order valence-corrected chi connectivity index (χ4v) is 2.17. The minimum absolute atomic E-state index is 0.109. The summed E-state index contributed by atoms with van der Waals surface area (Å²) in [6, 6.07) is 5.58. The molecule has 0 spiro atoms. The van der Waals surface area contributed by atoms with Crippen molar-refractivity contribution in [2.75, 3.05) is 24.6 Å². The molecule has 1 unspecified atom stereocenters. The first kappa shape index (κ1) is 15.3. The van der Waals surface area contributed by atoms with Crippen molar-refractivity contribution in [1.29, 1.82) is 0 Å². The van der Waals surface area contributed by atoms with Crippen LogP contribution in [0.2, 0.25) is 5.02 Å². The average Bonchev–Trinajstić information content (AvgIpc) is 2.34. The van der Waals surface area contributed by atoms with Gasteiger partial charge >= 0.3 is 0 Å². The van der Waals surface area contributed by atoms with Crippen molar-refractivity contribution in [3.05, 3.63) is 28.8 Å². The molecule has 18 heavy (non-hydrogen) atoms. The fourth-order valence-electron chi connectivity index (χ4n) is 1.86. The number of rotatable bonds is 7. The molecule has 0 aliphatic heterocycles. The Morgan fingerprint density at radius 2 is 2.06 bits per heavy atom. The van der Waals surface area contributed by atoms with Gasteiger partial charge in [-0.1, -0.05) is 31.0 Å². The van der Waals surface area contributed by atoms with Crippen LogP contribution in [-0.4, -0.2) is 29.9 Å². The van der Waals surface area contributed by atoms with E-state index in [0.29, 0.717) is 11.6 Å². The van der Waals surface area contributed by atoms with E-state index in [4.69, 9.17) is 16.7 Å². The molecule has 3 nitrogen and oxygen atoms in total. The lowest BCUT2D eigenvalue weighted by Gasteiger charge is -2.25. The minimum atomic E-state index is -0.515. The van der Waals surface area contributed by atoms with Gasteiger partial charge in [-0.05, 0) is 31.0 Å². The molecule has 1 aromatic rings. The van der Waals surface area contributed by atoms with Crippen LogP contribution >= 0.6 is 11.6 Å². The first-order chi connectivity index (χ1) is 8.60. The second-order valence-electron chi connectivity index (χ2n) is 4.45. The molecular formula is C14H22ClNO2. The summed E-state index contributed by atoms with van der Waals surface area (Å²) in [6.45, 7) is 5.42. The first-order valence-corrected chi connectivity index (χ1v) is 6.81. The third kappa shape index (κ3) is 4.16. The molecular weight excluding hydrogens is 250 g/mol. The molecule has 0 aromatic heterocycles. The van der Waals surface area contributed by atoms with Crippen LogP contribution in [0.1, 0.15) is 38.4 Å². The zero-order valence-electron chi connectivity index (χ0n) is 11.1. The Kier molecular flexibility index (Phi) is 6.47. The maximum absolute atomic E-state index is 9.51. The van der Waals surface area contributed by atoms with Crippen LogP contribution < -0.4 is 4.90 Å². The lowest BCUT2D eigenvalue weighted by atomic mass is 10.1. The maximum Gasteiger partial charge on any atom is 0.0762 e. The predicted octanol–water partition coefficient (Wildman–Crippen LogP) is 2.99. The number of hydrogen-bond acceptors (Lipinski definition) is 3. The highest BCUT2D eigenvalue weighted by Crippen LogP contribution is 2.29. The summed E-state index contributed by atoms with van der Waals surface area (Å²) in [6.07, 6.45) is 1.65. The summed E-state index contributed by atoms with van der Waals surface area (Å²) in [5, 5.41) is 19.2. The topological polar surface area (TPSA) is 43.7 Å². The molecule has 0 heterocycles. The molecule has 0 saturated carbocycles. The van der Waals surface area contributed by atoms with Gasteiger partial charge < -0.3 is 15.1 Å². The van der Waals surface area contributed by atoms with Crippen LogP contribution in [0.25, 0.3) is 0 Å². The van der Waals surface area contributed by atoms with Gasteiger partial charge in [-0.25, -0.2) is 0 Å². The van der Waals surface area contributed by atoms with Crippen molar-refractivity contribution in [1.82, 2.24) is 0 Å². The number of nitrogens with zero attached hydrogens (tertiary/aromatic N) is 1. The summed E-state index contributed by atoms with van der Waals surface area (Å²) >= 11 is 6.25. The van der Waals surface area contributed by atoms with Crippen molar-refractivity contribution >= 4 is 17.3 Å². The summed E-state index contributed by atoms with van der Waals surface area (Å²) in [7, 11) is 0. The van der Waals surface area contributed by atoms with Gasteiger partial charge in [0.1, 0.15) is 0 Å². The van der Waals surface area contributed by atoms with Crippen molar-refractivity contribution in [2.45, 2.75) is 32.8 Å². The van der Waals surface area contributed by atoms with E-state index in [1.165, 1.54) is 0 Å². The van der Waals surface area contributed by atoms with Crippen LogP contribution in [0.3, 0.4) is 0 Å². The van der Waals surface area contributed by atoms with E-state index in [9.17, 15) is 5.11 Å². The van der Waals surface area contributed by atoms with Crippen LogP contribution in [0.4, 0.5) is 5.69 Å². The van der Waals surface area contributed by atoms with E-state index in [-0.39, 0.29) is 6.61 Å². The second-order valence-corrected chi connectivity index (χ2v) is 4.86. The monoisotopic (exact) mass is 271 g/mol. The second kappa shape index (κ2) is 7.62. The first-order valence-electron chi connectivity index (χ1n) is 6.43. The normalized spacial score (nSPS) is 12.5. The van der Waals surface area contributed by atoms with Crippen molar-refractivity contribution in [3.8, 4) is 0 Å². The van der Waals surface area contributed by atoms with Crippen LogP contribution in [-0.2, 0) is 0 Å². The molecule has 0 aliphatic rings. The largest absolute Gasteiger partial charge is 0.395 e. The van der Waals surface area contributed by atoms with Crippen molar-refractivity contribution in [3.63, 3.8) is 0 Å². The quantitative estimate of drug-likeness (QED) is 0.801. The fraction of sp³-hybridized carbons (Fsp3) is 0.571. The number of halogens is 1. The van der Waals surface area contributed by atoms with Gasteiger partial charge in [0, 0.05) is 13.1 Å². The summed E-state index contributed by atoms with van der Waals surface area (Å²) in [5.74, 6) is 0. The van der Waals surface area contributed by atoms with Gasteiger partial charge in [0.2, 0.25) is 0 Å². The van der Waals surface area contributed by atoms with Gasteiger partial charge in [-0.3, -0.25) is 0 Å². The van der Waals surface area contributed by atoms with E-state index in [1.807, 2.05) is 12.1 Å². The van der Waals surface area contributed by atoms with Crippen LogP contribution in [0.5, 0.6) is 0 Å². The molecule has 0 aliphatic carbocycles. The highest BCUT2D eigenvalue weighted by molar-refractivity contribution is 6.33. The van der Waals surface area contributed by atoms with Crippen molar-refractivity contribution in [2.24, 2.45) is 0 Å². The number of unbranched alkanes of at least 4 members (excludes halogenated alkanes) is 1. The molecule has 0 bridgehead atoms. The molecule has 1 atom stereocenters. The van der Waals surface area contributed by atoms with E-state index in [2.05, 4.69) is 11.8 Å². The molecule has 2 N–H and O–H groups in total. The molecule has 0 radical (unpaired) electrons. The highest BCUT2D eigenvalue weighted by Gasteiger charge is 2.11. The number of anilines is 1. The molecule has 4 heteroatoms. The Morgan fingerprint density at radius 3 is 2.56 bits per heavy atom. The molecule has 102 valence electrons. The summed E-state index contributed by atoms with van der Waals surface area (Å²) < 4.78 is 0. The Bertz CT molecular complexity index is 369. The van der Waals surface area contributed by atoms with Crippen molar-refractivity contribution < 1.29 is 10.2 Å². The number of aliphatic hydroxyl groups excluding tert-OH is 2. The predicted molar refractivity (Wildman–Crippen MR) is 76.3 cm³/mol.